The minimum atomic E-state index is 0.962. The first-order valence-electron chi connectivity index (χ1n) is 4.85. The highest BCUT2D eigenvalue weighted by atomic mass is 32.2. The van der Waals surface area contributed by atoms with Gasteiger partial charge < -0.3 is 0 Å². The Kier molecular flexibility index (Phi) is 3.77. The van der Waals surface area contributed by atoms with Crippen LogP contribution in [0.25, 0.3) is 0 Å². The lowest BCUT2D eigenvalue weighted by Crippen LogP contribution is -2.23. The molecule has 1 fully saturated rings. The fraction of sp³-hybridized carbons (Fsp3) is 1.00. The Morgan fingerprint density at radius 2 is 2.00 bits per heavy atom. The fourth-order valence-electron chi connectivity index (χ4n) is 1.93. The van der Waals surface area contributed by atoms with Crippen LogP contribution in [0.2, 0.25) is 0 Å². The van der Waals surface area contributed by atoms with Gasteiger partial charge in [0.05, 0.1) is 0 Å². The van der Waals surface area contributed by atoms with E-state index in [4.69, 9.17) is 0 Å². The van der Waals surface area contributed by atoms with Crippen molar-refractivity contribution in [2.24, 2.45) is 11.8 Å². The van der Waals surface area contributed by atoms with Crippen LogP contribution in [0.4, 0.5) is 0 Å². The van der Waals surface area contributed by atoms with Gasteiger partial charge in [0.15, 0.2) is 0 Å². The van der Waals surface area contributed by atoms with E-state index in [-0.39, 0.29) is 0 Å². The van der Waals surface area contributed by atoms with Crippen LogP contribution in [-0.2, 0) is 0 Å². The van der Waals surface area contributed by atoms with E-state index in [1.807, 2.05) is 0 Å². The van der Waals surface area contributed by atoms with Crippen LogP contribution in [0.15, 0.2) is 0 Å². The molecule has 0 radical (unpaired) electrons. The number of thioether (sulfide) groups is 1. The molecule has 1 rings (SSSR count). The monoisotopic (exact) mass is 172 g/mol. The molecule has 3 atom stereocenters. The summed E-state index contributed by atoms with van der Waals surface area (Å²) in [7, 11) is 0. The van der Waals surface area contributed by atoms with Gasteiger partial charge >= 0.3 is 0 Å². The van der Waals surface area contributed by atoms with Gasteiger partial charge in [0.1, 0.15) is 0 Å². The molecule has 0 bridgehead atoms. The SMILES string of the molecule is CCS[C@H]1C[C@H](C)CC[C@H]1C. The Morgan fingerprint density at radius 1 is 1.27 bits per heavy atom. The first-order valence-corrected chi connectivity index (χ1v) is 5.90. The van der Waals surface area contributed by atoms with E-state index in [2.05, 4.69) is 32.5 Å². The van der Waals surface area contributed by atoms with E-state index >= 15 is 0 Å². The predicted molar refractivity (Wildman–Crippen MR) is 54.1 cm³/mol. The summed E-state index contributed by atoms with van der Waals surface area (Å²) in [5, 5.41) is 0.962. The Bertz CT molecular complexity index is 111. The van der Waals surface area contributed by atoms with Gasteiger partial charge in [-0.15, -0.1) is 0 Å². The van der Waals surface area contributed by atoms with Crippen LogP contribution in [0, 0.1) is 11.8 Å². The number of hydrogen-bond acceptors (Lipinski definition) is 1. The molecular weight excluding hydrogens is 152 g/mol. The van der Waals surface area contributed by atoms with Gasteiger partial charge in [-0.2, -0.15) is 11.8 Å². The lowest BCUT2D eigenvalue weighted by atomic mass is 9.84. The third-order valence-electron chi connectivity index (χ3n) is 2.76. The van der Waals surface area contributed by atoms with Gasteiger partial charge in [-0.25, -0.2) is 0 Å². The smallest absolute Gasteiger partial charge is 0.00751 e. The quantitative estimate of drug-likeness (QED) is 0.613. The second-order valence-electron chi connectivity index (χ2n) is 3.89. The van der Waals surface area contributed by atoms with Gasteiger partial charge in [-0.1, -0.05) is 27.2 Å². The summed E-state index contributed by atoms with van der Waals surface area (Å²) in [5.41, 5.74) is 0. The Hall–Kier alpha value is 0.350. The second-order valence-corrected chi connectivity index (χ2v) is 5.41. The summed E-state index contributed by atoms with van der Waals surface area (Å²) in [6.45, 7) is 7.09. The lowest BCUT2D eigenvalue weighted by molar-refractivity contribution is 0.318. The highest BCUT2D eigenvalue weighted by molar-refractivity contribution is 7.99. The van der Waals surface area contributed by atoms with Crippen molar-refractivity contribution in [3.63, 3.8) is 0 Å². The maximum atomic E-state index is 2.42. The molecule has 1 saturated carbocycles. The minimum absolute atomic E-state index is 0.962. The molecule has 0 nitrogen and oxygen atoms in total. The van der Waals surface area contributed by atoms with E-state index in [9.17, 15) is 0 Å². The Morgan fingerprint density at radius 3 is 2.64 bits per heavy atom. The van der Waals surface area contributed by atoms with E-state index in [0.717, 1.165) is 17.1 Å². The van der Waals surface area contributed by atoms with Crippen molar-refractivity contribution in [1.82, 2.24) is 0 Å². The molecule has 1 aliphatic carbocycles. The molecule has 0 heterocycles. The van der Waals surface area contributed by atoms with Crippen molar-refractivity contribution in [3.8, 4) is 0 Å². The zero-order valence-electron chi connectivity index (χ0n) is 7.97. The average molecular weight is 172 g/mol. The standard InChI is InChI=1S/C10H20S/c1-4-11-10-7-8(2)5-6-9(10)3/h8-10H,4-7H2,1-3H3/t8-,9-,10+/m1/s1. The lowest BCUT2D eigenvalue weighted by Gasteiger charge is -2.31. The molecule has 11 heavy (non-hydrogen) atoms. The van der Waals surface area contributed by atoms with Crippen molar-refractivity contribution < 1.29 is 0 Å². The van der Waals surface area contributed by atoms with E-state index in [1.165, 1.54) is 25.0 Å². The van der Waals surface area contributed by atoms with Crippen molar-refractivity contribution >= 4 is 11.8 Å². The van der Waals surface area contributed by atoms with Gasteiger partial charge in [-0.05, 0) is 30.4 Å². The van der Waals surface area contributed by atoms with Crippen molar-refractivity contribution in [3.05, 3.63) is 0 Å². The van der Waals surface area contributed by atoms with Crippen molar-refractivity contribution in [2.75, 3.05) is 5.75 Å². The van der Waals surface area contributed by atoms with E-state index < -0.39 is 0 Å². The topological polar surface area (TPSA) is 0 Å². The predicted octanol–water partition coefficient (Wildman–Crippen LogP) is 3.56. The Balaban J connectivity index is 2.34. The molecule has 0 spiro atoms. The second kappa shape index (κ2) is 4.39. The van der Waals surface area contributed by atoms with Gasteiger partial charge in [0.2, 0.25) is 0 Å². The minimum Gasteiger partial charge on any atom is -0.159 e. The molecule has 0 aromatic heterocycles. The summed E-state index contributed by atoms with van der Waals surface area (Å²) in [6.07, 6.45) is 4.38. The molecule has 0 aromatic carbocycles. The number of rotatable bonds is 2. The van der Waals surface area contributed by atoms with Gasteiger partial charge in [-0.3, -0.25) is 0 Å². The molecule has 0 saturated heterocycles. The summed E-state index contributed by atoms with van der Waals surface area (Å²) in [4.78, 5) is 0. The van der Waals surface area contributed by atoms with Crippen molar-refractivity contribution in [2.45, 2.75) is 45.3 Å². The summed E-state index contributed by atoms with van der Waals surface area (Å²) >= 11 is 2.16. The summed E-state index contributed by atoms with van der Waals surface area (Å²) in [5.74, 6) is 3.24. The average Bonchev–Trinajstić information content (AvgIpc) is 1.98. The third-order valence-corrected chi connectivity index (χ3v) is 4.18. The molecule has 0 aromatic rings. The molecule has 66 valence electrons. The highest BCUT2D eigenvalue weighted by Crippen LogP contribution is 2.35. The largest absolute Gasteiger partial charge is 0.159 e. The normalized spacial score (nSPS) is 39.0. The maximum Gasteiger partial charge on any atom is 0.00751 e. The van der Waals surface area contributed by atoms with Crippen LogP contribution >= 0.6 is 11.8 Å². The molecule has 1 aliphatic rings. The first kappa shape index (κ1) is 9.44. The zero-order valence-corrected chi connectivity index (χ0v) is 8.79. The third kappa shape index (κ3) is 2.70. The van der Waals surface area contributed by atoms with Crippen LogP contribution in [0.1, 0.15) is 40.0 Å². The molecular formula is C10H20S. The molecule has 0 N–H and O–H groups in total. The van der Waals surface area contributed by atoms with E-state index in [0.29, 0.717) is 0 Å². The zero-order chi connectivity index (χ0) is 8.27. The summed E-state index contributed by atoms with van der Waals surface area (Å²) < 4.78 is 0. The first-order chi connectivity index (χ1) is 5.24. The summed E-state index contributed by atoms with van der Waals surface area (Å²) in [6, 6.07) is 0. The van der Waals surface area contributed by atoms with E-state index in [1.54, 1.807) is 0 Å². The molecule has 0 unspecified atom stereocenters. The van der Waals surface area contributed by atoms with Crippen LogP contribution in [-0.4, -0.2) is 11.0 Å². The maximum absolute atomic E-state index is 2.42. The van der Waals surface area contributed by atoms with Crippen LogP contribution in [0.3, 0.4) is 0 Å². The Labute approximate surface area is 75.1 Å². The number of hydrogen-bond donors (Lipinski definition) is 0. The van der Waals surface area contributed by atoms with Gasteiger partial charge in [0, 0.05) is 5.25 Å². The highest BCUT2D eigenvalue weighted by Gasteiger charge is 2.24. The molecule has 0 amide bonds. The molecule has 1 heteroatoms. The fourth-order valence-corrected chi connectivity index (χ4v) is 3.28. The van der Waals surface area contributed by atoms with Crippen LogP contribution < -0.4 is 0 Å². The molecule has 0 aliphatic heterocycles. The van der Waals surface area contributed by atoms with Crippen LogP contribution in [0.5, 0.6) is 0 Å². The van der Waals surface area contributed by atoms with Gasteiger partial charge in [0.25, 0.3) is 0 Å². The van der Waals surface area contributed by atoms with Crippen molar-refractivity contribution in [1.29, 1.82) is 0 Å².